The smallest absolute Gasteiger partial charge is 0.222 e. The summed E-state index contributed by atoms with van der Waals surface area (Å²) in [6, 6.07) is 9.20. The highest BCUT2D eigenvalue weighted by molar-refractivity contribution is 7.09. The number of benzene rings is 1. The fourth-order valence-electron chi connectivity index (χ4n) is 3.44. The molecule has 25 heavy (non-hydrogen) atoms. The Labute approximate surface area is 154 Å². The van der Waals surface area contributed by atoms with Crippen LogP contribution in [0.15, 0.2) is 35.8 Å². The van der Waals surface area contributed by atoms with E-state index in [1.165, 1.54) is 11.1 Å². The molecule has 0 bridgehead atoms. The maximum atomic E-state index is 12.5. The fourth-order valence-corrected chi connectivity index (χ4v) is 4.19. The summed E-state index contributed by atoms with van der Waals surface area (Å²) < 4.78 is 0. The summed E-state index contributed by atoms with van der Waals surface area (Å²) in [5.74, 6) is 0.276. The Morgan fingerprint density at radius 1 is 1.32 bits per heavy atom. The zero-order chi connectivity index (χ0) is 17.8. The van der Waals surface area contributed by atoms with E-state index in [4.69, 9.17) is 0 Å². The van der Waals surface area contributed by atoms with Gasteiger partial charge in [0, 0.05) is 37.1 Å². The van der Waals surface area contributed by atoms with Crippen molar-refractivity contribution < 1.29 is 4.79 Å². The number of rotatable bonds is 5. The van der Waals surface area contributed by atoms with E-state index < -0.39 is 0 Å². The van der Waals surface area contributed by atoms with E-state index in [2.05, 4.69) is 55.0 Å². The molecular weight excluding hydrogens is 330 g/mol. The molecule has 2 atom stereocenters. The van der Waals surface area contributed by atoms with Crippen LogP contribution in [-0.2, 0) is 11.3 Å². The lowest BCUT2D eigenvalue weighted by atomic mass is 10.1. The molecule has 4 nitrogen and oxygen atoms in total. The highest BCUT2D eigenvalue weighted by Crippen LogP contribution is 2.27. The number of hydrogen-bond acceptors (Lipinski definition) is 4. The molecule has 0 aliphatic carbocycles. The first-order chi connectivity index (χ1) is 12.0. The predicted octanol–water partition coefficient (Wildman–Crippen LogP) is 4.03. The highest BCUT2D eigenvalue weighted by Gasteiger charge is 2.28. The summed E-state index contributed by atoms with van der Waals surface area (Å²) in [4.78, 5) is 21.4. The van der Waals surface area contributed by atoms with Gasteiger partial charge in [0.15, 0.2) is 0 Å². The van der Waals surface area contributed by atoms with Gasteiger partial charge in [0.1, 0.15) is 5.01 Å². The Kier molecular flexibility index (Phi) is 5.86. The summed E-state index contributed by atoms with van der Waals surface area (Å²) in [6.07, 6.45) is 4.44. The van der Waals surface area contributed by atoms with Crippen molar-refractivity contribution in [2.75, 3.05) is 13.6 Å². The van der Waals surface area contributed by atoms with Gasteiger partial charge in [-0.25, -0.2) is 4.98 Å². The molecule has 0 N–H and O–H groups in total. The van der Waals surface area contributed by atoms with Gasteiger partial charge in [-0.05, 0) is 39.3 Å². The van der Waals surface area contributed by atoms with E-state index >= 15 is 0 Å². The molecule has 1 aromatic heterocycles. The number of aryl methyl sites for hydroxylation is 1. The van der Waals surface area contributed by atoms with Gasteiger partial charge in [-0.3, -0.25) is 9.69 Å². The molecule has 134 valence electrons. The van der Waals surface area contributed by atoms with Gasteiger partial charge < -0.3 is 4.90 Å². The molecule has 2 heterocycles. The van der Waals surface area contributed by atoms with Crippen LogP contribution in [0.2, 0.25) is 0 Å². The van der Waals surface area contributed by atoms with Crippen molar-refractivity contribution >= 4 is 17.2 Å². The van der Waals surface area contributed by atoms with Crippen molar-refractivity contribution in [1.82, 2.24) is 14.8 Å². The van der Waals surface area contributed by atoms with Crippen LogP contribution >= 0.6 is 11.3 Å². The van der Waals surface area contributed by atoms with Gasteiger partial charge in [0.25, 0.3) is 0 Å². The third-order valence-electron chi connectivity index (χ3n) is 5.27. The van der Waals surface area contributed by atoms with Crippen LogP contribution in [0.5, 0.6) is 0 Å². The molecule has 1 amide bonds. The van der Waals surface area contributed by atoms with E-state index in [1.54, 1.807) is 11.3 Å². The first-order valence-electron chi connectivity index (χ1n) is 8.99. The molecule has 0 radical (unpaired) electrons. The van der Waals surface area contributed by atoms with E-state index in [9.17, 15) is 4.79 Å². The fraction of sp³-hybridized carbons (Fsp3) is 0.500. The Hall–Kier alpha value is -1.72. The average Bonchev–Trinajstić information content (AvgIpc) is 3.09. The Bertz CT molecular complexity index is 683. The molecule has 3 rings (SSSR count). The maximum Gasteiger partial charge on any atom is 0.222 e. The van der Waals surface area contributed by atoms with Crippen molar-refractivity contribution in [3.05, 3.63) is 52.0 Å². The number of amides is 1. The Morgan fingerprint density at radius 3 is 2.76 bits per heavy atom. The Balaban J connectivity index is 1.62. The van der Waals surface area contributed by atoms with Gasteiger partial charge >= 0.3 is 0 Å². The van der Waals surface area contributed by atoms with Crippen molar-refractivity contribution in [1.29, 1.82) is 0 Å². The summed E-state index contributed by atoms with van der Waals surface area (Å²) in [6.45, 7) is 5.84. The normalized spacial score (nSPS) is 19.9. The van der Waals surface area contributed by atoms with Crippen molar-refractivity contribution in [3.8, 4) is 0 Å². The lowest BCUT2D eigenvalue weighted by molar-refractivity contribution is -0.131. The van der Waals surface area contributed by atoms with Crippen LogP contribution in [0.25, 0.3) is 0 Å². The second-order valence-electron chi connectivity index (χ2n) is 6.99. The SMILES string of the molecule is Cc1ccc(CN2CCC(N(C)C(C)c3nccs3)CCC2=O)cc1. The van der Waals surface area contributed by atoms with Crippen LogP contribution in [0.3, 0.4) is 0 Å². The Morgan fingerprint density at radius 2 is 2.08 bits per heavy atom. The number of likely N-dealkylation sites (tertiary alicyclic amines) is 1. The van der Waals surface area contributed by atoms with Crippen molar-refractivity contribution in [2.45, 2.75) is 51.7 Å². The zero-order valence-corrected chi connectivity index (χ0v) is 16.1. The molecule has 1 aromatic carbocycles. The third kappa shape index (κ3) is 4.47. The molecule has 2 aromatic rings. The maximum absolute atomic E-state index is 12.5. The molecule has 2 unspecified atom stereocenters. The number of nitrogens with zero attached hydrogens (tertiary/aromatic N) is 3. The summed E-state index contributed by atoms with van der Waals surface area (Å²) >= 11 is 1.70. The van der Waals surface area contributed by atoms with Gasteiger partial charge in [0.05, 0.1) is 6.04 Å². The van der Waals surface area contributed by atoms with Crippen LogP contribution in [-0.4, -0.2) is 40.3 Å². The number of carbonyl (C=O) groups is 1. The molecule has 1 saturated heterocycles. The van der Waals surface area contributed by atoms with Gasteiger partial charge in [-0.2, -0.15) is 0 Å². The van der Waals surface area contributed by atoms with E-state index in [-0.39, 0.29) is 5.91 Å². The molecule has 5 heteroatoms. The number of aromatic nitrogens is 1. The largest absolute Gasteiger partial charge is 0.338 e. The lowest BCUT2D eigenvalue weighted by Gasteiger charge is -2.31. The van der Waals surface area contributed by atoms with Gasteiger partial charge in [-0.15, -0.1) is 11.3 Å². The minimum atomic E-state index is 0.276. The minimum Gasteiger partial charge on any atom is -0.338 e. The molecule has 1 aliphatic rings. The quantitative estimate of drug-likeness (QED) is 0.811. The second kappa shape index (κ2) is 8.11. The van der Waals surface area contributed by atoms with E-state index in [0.29, 0.717) is 18.5 Å². The lowest BCUT2D eigenvalue weighted by Crippen LogP contribution is -2.35. The first-order valence-corrected chi connectivity index (χ1v) is 9.87. The number of thiazole rings is 1. The van der Waals surface area contributed by atoms with Gasteiger partial charge in [0.2, 0.25) is 5.91 Å². The standard InChI is InChI=1S/C20H27N3OS/c1-15-4-6-17(7-5-15)14-23-12-10-18(8-9-19(23)24)22(3)16(2)20-21-11-13-25-20/h4-7,11,13,16,18H,8-10,12,14H2,1-3H3. The summed E-state index contributed by atoms with van der Waals surface area (Å²) in [5, 5.41) is 3.18. The number of hydrogen-bond donors (Lipinski definition) is 0. The van der Waals surface area contributed by atoms with Crippen molar-refractivity contribution in [2.24, 2.45) is 0 Å². The average molecular weight is 358 g/mol. The van der Waals surface area contributed by atoms with Crippen molar-refractivity contribution in [3.63, 3.8) is 0 Å². The zero-order valence-electron chi connectivity index (χ0n) is 15.3. The monoisotopic (exact) mass is 357 g/mol. The molecule has 0 saturated carbocycles. The summed E-state index contributed by atoms with van der Waals surface area (Å²) in [7, 11) is 2.16. The van der Waals surface area contributed by atoms with E-state index in [0.717, 1.165) is 30.9 Å². The van der Waals surface area contributed by atoms with Crippen LogP contribution in [0.1, 0.15) is 48.4 Å². The molecule has 0 spiro atoms. The number of carbonyl (C=O) groups excluding carboxylic acids is 1. The van der Waals surface area contributed by atoms with Gasteiger partial charge in [-0.1, -0.05) is 29.8 Å². The molecule has 1 aliphatic heterocycles. The minimum absolute atomic E-state index is 0.276. The summed E-state index contributed by atoms with van der Waals surface area (Å²) in [5.41, 5.74) is 2.46. The topological polar surface area (TPSA) is 36.4 Å². The highest BCUT2D eigenvalue weighted by atomic mass is 32.1. The first kappa shape index (κ1) is 18.1. The van der Waals surface area contributed by atoms with E-state index in [1.807, 2.05) is 16.5 Å². The van der Waals surface area contributed by atoms with Crippen LogP contribution in [0, 0.1) is 6.92 Å². The second-order valence-corrected chi connectivity index (χ2v) is 7.92. The molecular formula is C20H27N3OS. The van der Waals surface area contributed by atoms with Crippen LogP contribution in [0.4, 0.5) is 0 Å². The predicted molar refractivity (Wildman–Crippen MR) is 103 cm³/mol. The third-order valence-corrected chi connectivity index (χ3v) is 6.21. The van der Waals surface area contributed by atoms with Crippen LogP contribution < -0.4 is 0 Å². The molecule has 1 fully saturated rings.